The van der Waals surface area contributed by atoms with Gasteiger partial charge in [0.1, 0.15) is 0 Å². The number of hydrogen-bond acceptors (Lipinski definition) is 4. The molecule has 1 heterocycles. The number of aryl methyl sites for hydroxylation is 2. The largest absolute Gasteiger partial charge is 0.384 e. The first-order chi connectivity index (χ1) is 12.1. The molecule has 3 rings (SSSR count). The summed E-state index contributed by atoms with van der Waals surface area (Å²) in [5.41, 5.74) is 4.29. The maximum Gasteiger partial charge on any atom is 0.196 e. The van der Waals surface area contributed by atoms with Crippen molar-refractivity contribution in [3.05, 3.63) is 58.6 Å². The van der Waals surface area contributed by atoms with Crippen LogP contribution in [0.5, 0.6) is 0 Å². The average Bonchev–Trinajstić information content (AvgIpc) is 3.01. The summed E-state index contributed by atoms with van der Waals surface area (Å²) < 4.78 is 7.25. The van der Waals surface area contributed by atoms with E-state index in [9.17, 15) is 0 Å². The van der Waals surface area contributed by atoms with Gasteiger partial charge in [0.05, 0.1) is 17.3 Å². The summed E-state index contributed by atoms with van der Waals surface area (Å²) in [5, 5.41) is 10.4. The summed E-state index contributed by atoms with van der Waals surface area (Å²) in [5.74, 6) is 1.56. The number of ether oxygens (including phenoxy) is 1. The molecule has 0 bridgehead atoms. The van der Waals surface area contributed by atoms with Crippen molar-refractivity contribution in [3.63, 3.8) is 0 Å². The molecule has 0 radical (unpaired) electrons. The number of rotatable bonds is 6. The number of hydrogen-bond donors (Lipinski definition) is 0. The smallest absolute Gasteiger partial charge is 0.196 e. The van der Waals surface area contributed by atoms with Crippen LogP contribution in [0.2, 0.25) is 5.02 Å². The summed E-state index contributed by atoms with van der Waals surface area (Å²) in [6.07, 6.45) is 0. The Balaban J connectivity index is 2.16. The minimum absolute atomic E-state index is 0.658. The highest BCUT2D eigenvalue weighted by molar-refractivity contribution is 7.99. The van der Waals surface area contributed by atoms with Gasteiger partial charge in [-0.1, -0.05) is 47.6 Å². The van der Waals surface area contributed by atoms with Gasteiger partial charge in [0.15, 0.2) is 11.0 Å². The Hall–Kier alpha value is -1.82. The minimum Gasteiger partial charge on any atom is -0.384 e. The van der Waals surface area contributed by atoms with E-state index >= 15 is 0 Å². The molecular formula is C19H20ClN3OS. The zero-order chi connectivity index (χ0) is 17.8. The minimum atomic E-state index is 0.658. The van der Waals surface area contributed by atoms with Crippen LogP contribution in [-0.4, -0.2) is 34.2 Å². The molecule has 0 unspecified atom stereocenters. The van der Waals surface area contributed by atoms with E-state index in [1.807, 2.05) is 24.3 Å². The van der Waals surface area contributed by atoms with Crippen LogP contribution in [0, 0.1) is 13.8 Å². The molecule has 3 aromatic rings. The molecule has 0 aliphatic heterocycles. The normalized spacial score (nSPS) is 11.0. The van der Waals surface area contributed by atoms with Crippen molar-refractivity contribution < 1.29 is 4.74 Å². The lowest BCUT2D eigenvalue weighted by molar-refractivity contribution is 0.218. The summed E-state index contributed by atoms with van der Waals surface area (Å²) in [6, 6.07) is 14.1. The van der Waals surface area contributed by atoms with Gasteiger partial charge in [0.2, 0.25) is 0 Å². The Morgan fingerprint density at radius 1 is 1.12 bits per heavy atom. The second kappa shape index (κ2) is 8.04. The summed E-state index contributed by atoms with van der Waals surface area (Å²) >= 11 is 8.04. The maximum atomic E-state index is 6.42. The Morgan fingerprint density at radius 3 is 2.68 bits per heavy atom. The molecule has 0 amide bonds. The lowest BCUT2D eigenvalue weighted by atomic mass is 10.1. The Labute approximate surface area is 157 Å². The van der Waals surface area contributed by atoms with Gasteiger partial charge in [-0.3, -0.25) is 4.57 Å². The maximum absolute atomic E-state index is 6.42. The van der Waals surface area contributed by atoms with Crippen LogP contribution in [-0.2, 0) is 4.74 Å². The van der Waals surface area contributed by atoms with Gasteiger partial charge < -0.3 is 4.74 Å². The van der Waals surface area contributed by atoms with E-state index in [-0.39, 0.29) is 0 Å². The monoisotopic (exact) mass is 373 g/mol. The molecule has 0 saturated heterocycles. The van der Waals surface area contributed by atoms with Gasteiger partial charge in [-0.05, 0) is 43.2 Å². The van der Waals surface area contributed by atoms with E-state index in [1.165, 1.54) is 5.56 Å². The molecule has 25 heavy (non-hydrogen) atoms. The number of methoxy groups -OCH3 is 1. The first-order valence-electron chi connectivity index (χ1n) is 8.01. The third-order valence-electron chi connectivity index (χ3n) is 3.87. The van der Waals surface area contributed by atoms with E-state index in [0.717, 1.165) is 33.5 Å². The highest BCUT2D eigenvalue weighted by Gasteiger charge is 2.19. The third kappa shape index (κ3) is 3.89. The second-order valence-electron chi connectivity index (χ2n) is 5.75. The van der Waals surface area contributed by atoms with E-state index in [2.05, 4.69) is 46.8 Å². The van der Waals surface area contributed by atoms with Crippen molar-refractivity contribution in [2.24, 2.45) is 0 Å². The van der Waals surface area contributed by atoms with Gasteiger partial charge in [-0.15, -0.1) is 10.2 Å². The summed E-state index contributed by atoms with van der Waals surface area (Å²) in [4.78, 5) is 0. The molecule has 2 aromatic carbocycles. The Kier molecular flexibility index (Phi) is 5.78. The van der Waals surface area contributed by atoms with Crippen molar-refractivity contribution >= 4 is 23.4 Å². The van der Waals surface area contributed by atoms with E-state index in [4.69, 9.17) is 16.3 Å². The zero-order valence-corrected chi connectivity index (χ0v) is 16.1. The Bertz CT molecular complexity index is 879. The lowest BCUT2D eigenvalue weighted by Crippen LogP contribution is -2.03. The number of halogens is 1. The zero-order valence-electron chi connectivity index (χ0n) is 14.5. The van der Waals surface area contributed by atoms with Crippen LogP contribution in [0.3, 0.4) is 0 Å². The molecule has 0 spiro atoms. The van der Waals surface area contributed by atoms with Crippen LogP contribution >= 0.6 is 23.4 Å². The van der Waals surface area contributed by atoms with E-state index < -0.39 is 0 Å². The molecule has 0 atom stereocenters. The first-order valence-corrected chi connectivity index (χ1v) is 9.38. The Morgan fingerprint density at radius 2 is 1.92 bits per heavy atom. The molecule has 0 saturated carbocycles. The third-order valence-corrected chi connectivity index (χ3v) is 5.10. The van der Waals surface area contributed by atoms with E-state index in [1.54, 1.807) is 18.9 Å². The number of nitrogens with zero attached hydrogens (tertiary/aromatic N) is 3. The SMILES string of the molecule is COCCSc1nnc(-c2ccccc2Cl)n1-c1cc(C)ccc1C. The molecule has 0 N–H and O–H groups in total. The number of aromatic nitrogens is 3. The van der Waals surface area contributed by atoms with Gasteiger partial charge in [-0.25, -0.2) is 0 Å². The molecule has 130 valence electrons. The van der Waals surface area contributed by atoms with Crippen LogP contribution in [0.4, 0.5) is 0 Å². The van der Waals surface area contributed by atoms with Crippen LogP contribution in [0.25, 0.3) is 17.1 Å². The molecular weight excluding hydrogens is 354 g/mol. The number of thioether (sulfide) groups is 1. The van der Waals surface area contributed by atoms with Crippen LogP contribution in [0.1, 0.15) is 11.1 Å². The summed E-state index contributed by atoms with van der Waals surface area (Å²) in [7, 11) is 1.70. The number of benzene rings is 2. The summed E-state index contributed by atoms with van der Waals surface area (Å²) in [6.45, 7) is 4.83. The molecule has 0 aliphatic carbocycles. The standard InChI is InChI=1S/C19H20ClN3OS/c1-13-8-9-14(2)17(12-13)23-18(15-6-4-5-7-16(15)20)21-22-19(23)25-11-10-24-3/h4-9,12H,10-11H2,1-3H3. The fourth-order valence-corrected chi connectivity index (χ4v) is 3.64. The predicted molar refractivity (Wildman–Crippen MR) is 104 cm³/mol. The van der Waals surface area contributed by atoms with Crippen LogP contribution in [0.15, 0.2) is 47.6 Å². The fraction of sp³-hybridized carbons (Fsp3) is 0.263. The van der Waals surface area contributed by atoms with Crippen molar-refractivity contribution in [1.29, 1.82) is 0 Å². The van der Waals surface area contributed by atoms with Gasteiger partial charge in [-0.2, -0.15) is 0 Å². The molecule has 4 nitrogen and oxygen atoms in total. The van der Waals surface area contributed by atoms with Crippen molar-refractivity contribution in [2.75, 3.05) is 19.5 Å². The fourth-order valence-electron chi connectivity index (χ4n) is 2.57. The molecule has 1 aromatic heterocycles. The van der Waals surface area contributed by atoms with Gasteiger partial charge in [0.25, 0.3) is 0 Å². The van der Waals surface area contributed by atoms with Gasteiger partial charge in [0, 0.05) is 18.4 Å². The highest BCUT2D eigenvalue weighted by atomic mass is 35.5. The lowest BCUT2D eigenvalue weighted by Gasteiger charge is -2.14. The van der Waals surface area contributed by atoms with Crippen molar-refractivity contribution in [1.82, 2.24) is 14.8 Å². The average molecular weight is 374 g/mol. The quantitative estimate of drug-likeness (QED) is 0.453. The molecule has 0 fully saturated rings. The van der Waals surface area contributed by atoms with Crippen LogP contribution < -0.4 is 0 Å². The second-order valence-corrected chi connectivity index (χ2v) is 7.22. The van der Waals surface area contributed by atoms with Crippen molar-refractivity contribution in [2.45, 2.75) is 19.0 Å². The van der Waals surface area contributed by atoms with E-state index in [0.29, 0.717) is 11.6 Å². The molecule has 0 aliphatic rings. The first kappa shape index (κ1) is 18.0. The topological polar surface area (TPSA) is 39.9 Å². The predicted octanol–water partition coefficient (Wildman–Crippen LogP) is 4.94. The van der Waals surface area contributed by atoms with Crippen molar-refractivity contribution in [3.8, 4) is 17.1 Å². The molecule has 6 heteroatoms. The van der Waals surface area contributed by atoms with Gasteiger partial charge >= 0.3 is 0 Å². The highest BCUT2D eigenvalue weighted by Crippen LogP contribution is 2.33.